The Balaban J connectivity index is 0.000000317. The Labute approximate surface area is 213 Å². The van der Waals surface area contributed by atoms with Gasteiger partial charge in [-0.2, -0.15) is 0 Å². The fraction of sp³-hybridized carbons (Fsp3) is 0.583. The van der Waals surface area contributed by atoms with Gasteiger partial charge in [-0.25, -0.2) is 4.79 Å². The van der Waals surface area contributed by atoms with Crippen LogP contribution in [0.1, 0.15) is 24.8 Å². The number of nitrogens with zero attached hydrogens (tertiary/aromatic N) is 2. The molecule has 1 aromatic carbocycles. The highest BCUT2D eigenvalue weighted by atomic mass is 16.5. The van der Waals surface area contributed by atoms with Crippen LogP contribution in [0, 0.1) is 5.92 Å². The van der Waals surface area contributed by atoms with Gasteiger partial charge in [-0.3, -0.25) is 19.3 Å². The second-order valence-electron chi connectivity index (χ2n) is 8.98. The Morgan fingerprint density at radius 3 is 2.05 bits per heavy atom. The molecule has 0 saturated carbocycles. The summed E-state index contributed by atoms with van der Waals surface area (Å²) in [4.78, 5) is 46.7. The highest BCUT2D eigenvalue weighted by Crippen LogP contribution is 2.20. The maximum atomic E-state index is 12.0. The summed E-state index contributed by atoms with van der Waals surface area (Å²) in [7, 11) is 0. The number of carboxylic acids is 3. The van der Waals surface area contributed by atoms with Crippen molar-refractivity contribution in [2.45, 2.75) is 31.4 Å². The molecule has 206 valence electrons. The molecule has 0 aliphatic carbocycles. The van der Waals surface area contributed by atoms with Gasteiger partial charge >= 0.3 is 17.9 Å². The number of hydrogen-bond donors (Lipinski definition) is 5. The van der Waals surface area contributed by atoms with Crippen molar-refractivity contribution in [3.63, 3.8) is 0 Å². The lowest BCUT2D eigenvalue weighted by atomic mass is 9.96. The van der Waals surface area contributed by atoms with Crippen molar-refractivity contribution in [3.05, 3.63) is 29.8 Å². The number of rotatable bonds is 11. The first-order valence-electron chi connectivity index (χ1n) is 11.8. The van der Waals surface area contributed by atoms with Gasteiger partial charge in [0, 0.05) is 32.8 Å². The van der Waals surface area contributed by atoms with Crippen LogP contribution in [0.5, 0.6) is 5.75 Å². The standard InChI is InChI=1S/C18H26N2O4.C6H8O7/c21-13-16-5-6-19(12-16)11-15-1-3-17(4-2-15)24-14-18(22)20-7-9-23-10-8-20;7-3(8)1-6(13,5(11)12)2-4(9)10/h1-4,16,21H,5-14H2;13H,1-2H2,(H,7,8)(H,9,10)(H,11,12). The molecule has 3 rings (SSSR count). The fourth-order valence-corrected chi connectivity index (χ4v) is 3.92. The lowest BCUT2D eigenvalue weighted by Crippen LogP contribution is -2.42. The number of morpholine rings is 1. The van der Waals surface area contributed by atoms with Gasteiger partial charge in [-0.1, -0.05) is 12.1 Å². The van der Waals surface area contributed by atoms with E-state index in [0.717, 1.165) is 31.8 Å². The summed E-state index contributed by atoms with van der Waals surface area (Å²) in [5.74, 6) is -3.88. The Kier molecular flexibility index (Phi) is 11.7. The molecule has 0 bridgehead atoms. The molecule has 1 aromatic rings. The summed E-state index contributed by atoms with van der Waals surface area (Å²) in [5.41, 5.74) is -1.52. The number of likely N-dealkylation sites (tertiary alicyclic amines) is 1. The van der Waals surface area contributed by atoms with E-state index < -0.39 is 36.4 Å². The Morgan fingerprint density at radius 2 is 1.57 bits per heavy atom. The van der Waals surface area contributed by atoms with Crippen molar-refractivity contribution in [1.82, 2.24) is 9.80 Å². The van der Waals surface area contributed by atoms with Crippen LogP contribution in [-0.2, 0) is 30.5 Å². The number of benzene rings is 1. The van der Waals surface area contributed by atoms with E-state index in [4.69, 9.17) is 29.9 Å². The van der Waals surface area contributed by atoms with Crippen LogP contribution < -0.4 is 4.74 Å². The van der Waals surface area contributed by atoms with Crippen molar-refractivity contribution in [3.8, 4) is 5.75 Å². The first kappa shape index (κ1) is 30.0. The molecule has 13 heteroatoms. The minimum absolute atomic E-state index is 0.00879. The highest BCUT2D eigenvalue weighted by molar-refractivity contribution is 5.88. The van der Waals surface area contributed by atoms with Crippen LogP contribution in [0.3, 0.4) is 0 Å². The molecule has 2 aliphatic rings. The monoisotopic (exact) mass is 526 g/mol. The van der Waals surface area contributed by atoms with Crippen LogP contribution in [0.25, 0.3) is 0 Å². The average Bonchev–Trinajstić information content (AvgIpc) is 3.31. The van der Waals surface area contributed by atoms with Gasteiger partial charge in [0.2, 0.25) is 0 Å². The van der Waals surface area contributed by atoms with Gasteiger partial charge in [-0.15, -0.1) is 0 Å². The molecule has 0 spiro atoms. The molecule has 37 heavy (non-hydrogen) atoms. The smallest absolute Gasteiger partial charge is 0.336 e. The number of carboxylic acid groups (broad SMARTS) is 3. The average molecular weight is 527 g/mol. The number of aliphatic carboxylic acids is 3. The fourth-order valence-electron chi connectivity index (χ4n) is 3.92. The van der Waals surface area contributed by atoms with Gasteiger partial charge in [0.15, 0.2) is 12.2 Å². The van der Waals surface area contributed by atoms with Crippen LogP contribution in [0.2, 0.25) is 0 Å². The lowest BCUT2D eigenvalue weighted by molar-refractivity contribution is -0.170. The Hall–Kier alpha value is -3.26. The van der Waals surface area contributed by atoms with Gasteiger partial charge in [-0.05, 0) is 36.6 Å². The van der Waals surface area contributed by atoms with Crippen molar-refractivity contribution in [2.75, 3.05) is 52.6 Å². The van der Waals surface area contributed by atoms with Crippen molar-refractivity contribution in [2.24, 2.45) is 5.92 Å². The first-order valence-corrected chi connectivity index (χ1v) is 11.8. The van der Waals surface area contributed by atoms with Crippen LogP contribution in [-0.4, -0.2) is 117 Å². The third kappa shape index (κ3) is 10.3. The summed E-state index contributed by atoms with van der Waals surface area (Å²) in [6.45, 7) is 5.74. The Morgan fingerprint density at radius 1 is 0.973 bits per heavy atom. The molecule has 2 aliphatic heterocycles. The first-order chi connectivity index (χ1) is 17.5. The summed E-state index contributed by atoms with van der Waals surface area (Å²) in [5, 5.41) is 43.0. The van der Waals surface area contributed by atoms with E-state index in [1.165, 1.54) is 5.56 Å². The molecule has 1 amide bonds. The predicted molar refractivity (Wildman–Crippen MR) is 127 cm³/mol. The molecule has 2 saturated heterocycles. The second-order valence-corrected chi connectivity index (χ2v) is 8.98. The summed E-state index contributed by atoms with van der Waals surface area (Å²) in [6, 6.07) is 7.92. The molecule has 0 radical (unpaired) electrons. The number of ether oxygens (including phenoxy) is 2. The van der Waals surface area contributed by atoms with E-state index in [9.17, 15) is 24.3 Å². The second kappa shape index (κ2) is 14.5. The van der Waals surface area contributed by atoms with Crippen LogP contribution >= 0.6 is 0 Å². The number of hydrogen-bond acceptors (Lipinski definition) is 9. The molecule has 0 aromatic heterocycles. The van der Waals surface area contributed by atoms with E-state index in [1.54, 1.807) is 4.90 Å². The van der Waals surface area contributed by atoms with Crippen LogP contribution in [0.15, 0.2) is 24.3 Å². The quantitative estimate of drug-likeness (QED) is 0.248. The van der Waals surface area contributed by atoms with Gasteiger partial charge in [0.05, 0.1) is 26.1 Å². The number of aliphatic hydroxyl groups is 2. The van der Waals surface area contributed by atoms with Crippen molar-refractivity contribution >= 4 is 23.8 Å². The third-order valence-electron chi connectivity index (χ3n) is 5.97. The SMILES string of the molecule is O=C(COc1ccc(CN2CCC(CO)C2)cc1)N1CCOCC1.O=C(O)CC(O)(CC(=O)O)C(=O)O. The van der Waals surface area contributed by atoms with E-state index in [-0.39, 0.29) is 19.1 Å². The molecule has 2 fully saturated rings. The van der Waals surface area contributed by atoms with E-state index in [2.05, 4.69) is 4.90 Å². The minimum Gasteiger partial charge on any atom is -0.484 e. The summed E-state index contributed by atoms with van der Waals surface area (Å²) in [6.07, 6.45) is -1.22. The third-order valence-corrected chi connectivity index (χ3v) is 5.97. The van der Waals surface area contributed by atoms with Gasteiger partial charge in [0.1, 0.15) is 5.75 Å². The van der Waals surface area contributed by atoms with Gasteiger partial charge < -0.3 is 39.9 Å². The van der Waals surface area contributed by atoms with E-state index >= 15 is 0 Å². The number of amides is 1. The zero-order valence-corrected chi connectivity index (χ0v) is 20.5. The normalized spacial score (nSPS) is 18.0. The molecular formula is C24H34N2O11. The maximum Gasteiger partial charge on any atom is 0.336 e. The largest absolute Gasteiger partial charge is 0.484 e. The predicted octanol–water partition coefficient (Wildman–Crippen LogP) is -0.510. The topological polar surface area (TPSA) is 194 Å². The van der Waals surface area contributed by atoms with Crippen LogP contribution in [0.4, 0.5) is 0 Å². The van der Waals surface area contributed by atoms with Crippen molar-refractivity contribution < 1.29 is 54.2 Å². The van der Waals surface area contributed by atoms with E-state index in [0.29, 0.717) is 32.2 Å². The van der Waals surface area contributed by atoms with E-state index in [1.807, 2.05) is 24.3 Å². The molecule has 1 atom stereocenters. The lowest BCUT2D eigenvalue weighted by Gasteiger charge is -2.26. The molecule has 13 nitrogen and oxygen atoms in total. The zero-order valence-electron chi connectivity index (χ0n) is 20.5. The summed E-state index contributed by atoms with van der Waals surface area (Å²) < 4.78 is 10.8. The highest BCUT2D eigenvalue weighted by Gasteiger charge is 2.40. The Bertz CT molecular complexity index is 900. The molecule has 1 unspecified atom stereocenters. The number of carbonyl (C=O) groups is 4. The molecule has 2 heterocycles. The number of carbonyl (C=O) groups excluding carboxylic acids is 1. The zero-order chi connectivity index (χ0) is 27.4. The van der Waals surface area contributed by atoms with Crippen molar-refractivity contribution in [1.29, 1.82) is 0 Å². The molecular weight excluding hydrogens is 492 g/mol. The number of aliphatic hydroxyl groups excluding tert-OH is 1. The minimum atomic E-state index is -2.74. The molecule has 5 N–H and O–H groups in total. The maximum absolute atomic E-state index is 12.0. The van der Waals surface area contributed by atoms with Gasteiger partial charge in [0.25, 0.3) is 5.91 Å². The summed E-state index contributed by atoms with van der Waals surface area (Å²) >= 11 is 0.